The number of hydrogen-bond acceptors (Lipinski definition) is 6. The zero-order chi connectivity index (χ0) is 12.3. The van der Waals surface area contributed by atoms with Crippen LogP contribution >= 0.6 is 0 Å². The third-order valence-electron chi connectivity index (χ3n) is 2.44. The SMILES string of the molecule is CCc1cccnc1-c1noc([C@@H](N)CO)n1. The van der Waals surface area contributed by atoms with Crippen molar-refractivity contribution in [2.75, 3.05) is 6.61 Å². The summed E-state index contributed by atoms with van der Waals surface area (Å²) in [5, 5.41) is 12.7. The highest BCUT2D eigenvalue weighted by atomic mass is 16.5. The molecule has 6 nitrogen and oxygen atoms in total. The maximum atomic E-state index is 8.90. The Balaban J connectivity index is 2.37. The normalized spacial score (nSPS) is 12.6. The van der Waals surface area contributed by atoms with Gasteiger partial charge in [-0.2, -0.15) is 4.98 Å². The van der Waals surface area contributed by atoms with E-state index in [1.807, 2.05) is 19.1 Å². The van der Waals surface area contributed by atoms with Gasteiger partial charge in [-0.15, -0.1) is 0 Å². The van der Waals surface area contributed by atoms with E-state index in [9.17, 15) is 0 Å². The van der Waals surface area contributed by atoms with Gasteiger partial charge in [0, 0.05) is 6.20 Å². The van der Waals surface area contributed by atoms with Crippen LogP contribution in [0.1, 0.15) is 24.4 Å². The zero-order valence-electron chi connectivity index (χ0n) is 9.50. The van der Waals surface area contributed by atoms with E-state index in [4.69, 9.17) is 15.4 Å². The predicted molar refractivity (Wildman–Crippen MR) is 60.9 cm³/mol. The van der Waals surface area contributed by atoms with Gasteiger partial charge in [0.25, 0.3) is 0 Å². The lowest BCUT2D eigenvalue weighted by Crippen LogP contribution is -2.14. The first-order valence-electron chi connectivity index (χ1n) is 5.40. The first-order chi connectivity index (χ1) is 8.26. The Hall–Kier alpha value is -1.79. The minimum absolute atomic E-state index is 0.218. The molecule has 3 N–H and O–H groups in total. The van der Waals surface area contributed by atoms with Gasteiger partial charge in [0.2, 0.25) is 11.7 Å². The fourth-order valence-corrected chi connectivity index (χ4v) is 1.49. The molecule has 17 heavy (non-hydrogen) atoms. The van der Waals surface area contributed by atoms with Gasteiger partial charge in [-0.25, -0.2) is 0 Å². The maximum Gasteiger partial charge on any atom is 0.246 e. The molecule has 0 unspecified atom stereocenters. The molecule has 0 aromatic carbocycles. The maximum absolute atomic E-state index is 8.90. The van der Waals surface area contributed by atoms with Gasteiger partial charge < -0.3 is 15.4 Å². The largest absolute Gasteiger partial charge is 0.394 e. The molecule has 0 aliphatic carbocycles. The Bertz CT molecular complexity index is 498. The summed E-state index contributed by atoms with van der Waals surface area (Å²) in [6, 6.07) is 3.18. The highest BCUT2D eigenvalue weighted by Crippen LogP contribution is 2.19. The summed E-state index contributed by atoms with van der Waals surface area (Å²) < 4.78 is 4.99. The van der Waals surface area contributed by atoms with Crippen LogP contribution in [0.15, 0.2) is 22.9 Å². The molecule has 0 aliphatic rings. The molecule has 2 rings (SSSR count). The molecule has 2 heterocycles. The highest BCUT2D eigenvalue weighted by molar-refractivity contribution is 5.53. The van der Waals surface area contributed by atoms with E-state index in [1.54, 1.807) is 6.20 Å². The van der Waals surface area contributed by atoms with Crippen LogP contribution in [0.2, 0.25) is 0 Å². The first-order valence-corrected chi connectivity index (χ1v) is 5.40. The zero-order valence-corrected chi connectivity index (χ0v) is 9.50. The van der Waals surface area contributed by atoms with Crippen molar-refractivity contribution < 1.29 is 9.63 Å². The van der Waals surface area contributed by atoms with E-state index < -0.39 is 6.04 Å². The van der Waals surface area contributed by atoms with Crippen molar-refractivity contribution >= 4 is 0 Å². The van der Waals surface area contributed by atoms with Crippen LogP contribution in [0.4, 0.5) is 0 Å². The Morgan fingerprint density at radius 1 is 1.53 bits per heavy atom. The molecule has 2 aromatic heterocycles. The Morgan fingerprint density at radius 3 is 3.06 bits per heavy atom. The van der Waals surface area contributed by atoms with E-state index in [1.165, 1.54) is 0 Å². The van der Waals surface area contributed by atoms with Gasteiger partial charge in [0.05, 0.1) is 6.61 Å². The standard InChI is InChI=1S/C11H14N4O2/c1-2-7-4-3-5-13-9(7)10-14-11(17-15-10)8(12)6-16/h3-5,8,16H,2,6,12H2,1H3/t8-/m0/s1. The summed E-state index contributed by atoms with van der Waals surface area (Å²) in [6.07, 6.45) is 2.51. The lowest BCUT2D eigenvalue weighted by molar-refractivity contribution is 0.237. The molecular weight excluding hydrogens is 220 g/mol. The monoisotopic (exact) mass is 234 g/mol. The molecule has 0 aliphatic heterocycles. The fraction of sp³-hybridized carbons (Fsp3) is 0.364. The second-order valence-corrected chi connectivity index (χ2v) is 3.61. The van der Waals surface area contributed by atoms with Crippen LogP contribution in [0.5, 0.6) is 0 Å². The molecule has 0 spiro atoms. The van der Waals surface area contributed by atoms with E-state index in [2.05, 4.69) is 15.1 Å². The summed E-state index contributed by atoms with van der Waals surface area (Å²) in [5.74, 6) is 0.622. The summed E-state index contributed by atoms with van der Waals surface area (Å²) >= 11 is 0. The minimum Gasteiger partial charge on any atom is -0.394 e. The topological polar surface area (TPSA) is 98.1 Å². The average molecular weight is 234 g/mol. The lowest BCUT2D eigenvalue weighted by atomic mass is 10.1. The van der Waals surface area contributed by atoms with Crippen molar-refractivity contribution in [3.63, 3.8) is 0 Å². The van der Waals surface area contributed by atoms with Crippen LogP contribution in [-0.4, -0.2) is 26.8 Å². The molecule has 90 valence electrons. The first kappa shape index (κ1) is 11.7. The quantitative estimate of drug-likeness (QED) is 0.807. The summed E-state index contributed by atoms with van der Waals surface area (Å²) in [4.78, 5) is 8.36. The van der Waals surface area contributed by atoms with Crippen molar-refractivity contribution in [3.05, 3.63) is 29.8 Å². The van der Waals surface area contributed by atoms with E-state index >= 15 is 0 Å². The summed E-state index contributed by atoms with van der Waals surface area (Å²) in [7, 11) is 0. The van der Waals surface area contributed by atoms with Crippen molar-refractivity contribution in [2.24, 2.45) is 5.73 Å². The molecular formula is C11H14N4O2. The van der Waals surface area contributed by atoms with Crippen LogP contribution in [-0.2, 0) is 6.42 Å². The van der Waals surface area contributed by atoms with Crippen LogP contribution in [0.25, 0.3) is 11.5 Å². The summed E-state index contributed by atoms with van der Waals surface area (Å²) in [5.41, 5.74) is 7.32. The predicted octanol–water partition coefficient (Wildman–Crippen LogP) is 0.686. The van der Waals surface area contributed by atoms with Crippen molar-refractivity contribution in [3.8, 4) is 11.5 Å². The Morgan fingerprint density at radius 2 is 2.35 bits per heavy atom. The van der Waals surface area contributed by atoms with Gasteiger partial charge in [-0.3, -0.25) is 4.98 Å². The molecule has 0 saturated carbocycles. The van der Waals surface area contributed by atoms with Gasteiger partial charge in [-0.05, 0) is 18.1 Å². The van der Waals surface area contributed by atoms with Crippen LogP contribution in [0, 0.1) is 0 Å². The number of pyridine rings is 1. The van der Waals surface area contributed by atoms with Crippen molar-refractivity contribution in [1.29, 1.82) is 0 Å². The van der Waals surface area contributed by atoms with Gasteiger partial charge >= 0.3 is 0 Å². The van der Waals surface area contributed by atoms with Crippen molar-refractivity contribution in [1.82, 2.24) is 15.1 Å². The third kappa shape index (κ3) is 2.32. The number of aliphatic hydroxyl groups excluding tert-OH is 1. The Labute approximate surface area is 98.5 Å². The number of nitrogens with zero attached hydrogens (tertiary/aromatic N) is 3. The highest BCUT2D eigenvalue weighted by Gasteiger charge is 2.16. The van der Waals surface area contributed by atoms with E-state index in [-0.39, 0.29) is 12.5 Å². The summed E-state index contributed by atoms with van der Waals surface area (Å²) in [6.45, 7) is 1.80. The number of hydrogen-bond donors (Lipinski definition) is 2. The molecule has 2 aromatic rings. The molecule has 0 radical (unpaired) electrons. The fourth-order valence-electron chi connectivity index (χ4n) is 1.49. The van der Waals surface area contributed by atoms with Crippen LogP contribution < -0.4 is 5.73 Å². The number of nitrogens with two attached hydrogens (primary N) is 1. The number of aromatic nitrogens is 3. The second-order valence-electron chi connectivity index (χ2n) is 3.61. The molecule has 0 amide bonds. The van der Waals surface area contributed by atoms with Crippen LogP contribution in [0.3, 0.4) is 0 Å². The second kappa shape index (κ2) is 5.03. The number of rotatable bonds is 4. The average Bonchev–Trinajstić information content (AvgIpc) is 2.87. The van der Waals surface area contributed by atoms with E-state index in [0.717, 1.165) is 12.0 Å². The smallest absolute Gasteiger partial charge is 0.246 e. The molecule has 0 fully saturated rings. The number of aryl methyl sites for hydroxylation is 1. The molecule has 6 heteroatoms. The minimum atomic E-state index is -0.648. The molecule has 0 saturated heterocycles. The third-order valence-corrected chi connectivity index (χ3v) is 2.44. The number of aliphatic hydroxyl groups is 1. The van der Waals surface area contributed by atoms with Gasteiger partial charge in [-0.1, -0.05) is 18.1 Å². The van der Waals surface area contributed by atoms with Gasteiger partial charge in [0.1, 0.15) is 11.7 Å². The van der Waals surface area contributed by atoms with E-state index in [0.29, 0.717) is 11.5 Å². The lowest BCUT2D eigenvalue weighted by Gasteiger charge is -2.01. The molecule has 0 bridgehead atoms. The molecule has 1 atom stereocenters. The Kier molecular flexibility index (Phi) is 3.46. The van der Waals surface area contributed by atoms with Gasteiger partial charge in [0.15, 0.2) is 0 Å². The van der Waals surface area contributed by atoms with Crippen molar-refractivity contribution in [2.45, 2.75) is 19.4 Å².